The van der Waals surface area contributed by atoms with Gasteiger partial charge in [0.1, 0.15) is 12.4 Å². The second-order valence-corrected chi connectivity index (χ2v) is 8.31. The van der Waals surface area contributed by atoms with Crippen molar-refractivity contribution < 1.29 is 4.74 Å². The number of aromatic amines is 1. The summed E-state index contributed by atoms with van der Waals surface area (Å²) in [6.07, 6.45) is 3.02. The maximum Gasteiger partial charge on any atom is 0.258 e. The summed E-state index contributed by atoms with van der Waals surface area (Å²) >= 11 is 0. The number of benzene rings is 2. The van der Waals surface area contributed by atoms with Gasteiger partial charge in [0.15, 0.2) is 0 Å². The first kappa shape index (κ1) is 20.6. The van der Waals surface area contributed by atoms with Crippen molar-refractivity contribution in [2.75, 3.05) is 13.1 Å². The SMILES string of the molecule is CC.O=c1cc(OCc2ccccc2)ccn1-c1ccc2c3c([nH]c2c1)C1CCN(C3)C1. The van der Waals surface area contributed by atoms with Crippen LogP contribution in [0.15, 0.2) is 71.7 Å². The molecule has 0 saturated carbocycles. The second-order valence-electron chi connectivity index (χ2n) is 8.31. The Balaban J connectivity index is 0.00000105. The Labute approximate surface area is 188 Å². The smallest absolute Gasteiger partial charge is 0.258 e. The van der Waals surface area contributed by atoms with Crippen molar-refractivity contribution in [3.8, 4) is 11.4 Å². The molecule has 2 aromatic heterocycles. The molecular formula is C27H29N3O2. The summed E-state index contributed by atoms with van der Waals surface area (Å²) in [6, 6.07) is 19.6. The Morgan fingerprint density at radius 1 is 1.06 bits per heavy atom. The lowest BCUT2D eigenvalue weighted by molar-refractivity contribution is 0.305. The number of hydrogen-bond donors (Lipinski definition) is 1. The first-order chi connectivity index (χ1) is 15.7. The zero-order valence-electron chi connectivity index (χ0n) is 18.7. The maximum absolute atomic E-state index is 12.8. The van der Waals surface area contributed by atoms with Gasteiger partial charge < -0.3 is 9.72 Å². The van der Waals surface area contributed by atoms with Crippen LogP contribution in [0.25, 0.3) is 16.6 Å². The minimum atomic E-state index is -0.0959. The summed E-state index contributed by atoms with van der Waals surface area (Å²) in [4.78, 5) is 18.9. The van der Waals surface area contributed by atoms with Gasteiger partial charge in [-0.15, -0.1) is 0 Å². The summed E-state index contributed by atoms with van der Waals surface area (Å²) < 4.78 is 7.46. The minimum absolute atomic E-state index is 0.0959. The molecule has 2 aliphatic rings. The van der Waals surface area contributed by atoms with Gasteiger partial charge in [-0.05, 0) is 42.3 Å². The van der Waals surface area contributed by atoms with Crippen LogP contribution in [0.1, 0.15) is 43.0 Å². The van der Waals surface area contributed by atoms with Crippen molar-refractivity contribution in [1.29, 1.82) is 0 Å². The van der Waals surface area contributed by atoms with Gasteiger partial charge in [0, 0.05) is 47.9 Å². The van der Waals surface area contributed by atoms with Crippen molar-refractivity contribution in [3.63, 3.8) is 0 Å². The summed E-state index contributed by atoms with van der Waals surface area (Å²) in [6.45, 7) is 7.83. The molecule has 2 aromatic carbocycles. The number of H-pyrrole nitrogens is 1. The number of ether oxygens (including phenoxy) is 1. The molecule has 5 nitrogen and oxygen atoms in total. The third-order valence-electron chi connectivity index (χ3n) is 6.40. The molecule has 5 heteroatoms. The Morgan fingerprint density at radius 3 is 2.72 bits per heavy atom. The number of rotatable bonds is 4. The van der Waals surface area contributed by atoms with Gasteiger partial charge in [0.05, 0.1) is 5.69 Å². The Kier molecular flexibility index (Phi) is 5.58. The molecular weight excluding hydrogens is 398 g/mol. The van der Waals surface area contributed by atoms with Crippen molar-refractivity contribution in [2.45, 2.75) is 39.3 Å². The molecule has 6 rings (SSSR count). The van der Waals surface area contributed by atoms with E-state index in [1.165, 1.54) is 29.6 Å². The molecule has 0 amide bonds. The van der Waals surface area contributed by atoms with E-state index in [1.807, 2.05) is 56.3 Å². The number of pyridine rings is 1. The van der Waals surface area contributed by atoms with Gasteiger partial charge in [-0.2, -0.15) is 0 Å². The first-order valence-electron chi connectivity index (χ1n) is 11.5. The first-order valence-corrected chi connectivity index (χ1v) is 11.5. The fourth-order valence-electron chi connectivity index (χ4n) is 4.87. The van der Waals surface area contributed by atoms with Crippen LogP contribution in [0, 0.1) is 0 Å². The van der Waals surface area contributed by atoms with Gasteiger partial charge in [-0.25, -0.2) is 0 Å². The highest BCUT2D eigenvalue weighted by Gasteiger charge is 2.33. The topological polar surface area (TPSA) is 50.3 Å². The van der Waals surface area contributed by atoms with Crippen molar-refractivity contribution in [2.24, 2.45) is 0 Å². The van der Waals surface area contributed by atoms with Crippen LogP contribution in [-0.4, -0.2) is 27.5 Å². The van der Waals surface area contributed by atoms with Gasteiger partial charge >= 0.3 is 0 Å². The predicted molar refractivity (Wildman–Crippen MR) is 129 cm³/mol. The monoisotopic (exact) mass is 427 g/mol. The highest BCUT2D eigenvalue weighted by atomic mass is 16.5. The van der Waals surface area contributed by atoms with Crippen LogP contribution >= 0.6 is 0 Å². The van der Waals surface area contributed by atoms with Crippen molar-refractivity contribution in [3.05, 3.63) is 94.0 Å². The molecule has 1 saturated heterocycles. The van der Waals surface area contributed by atoms with E-state index in [0.29, 0.717) is 18.3 Å². The van der Waals surface area contributed by atoms with Crippen LogP contribution in [0.3, 0.4) is 0 Å². The van der Waals surface area contributed by atoms with Crippen LogP contribution in [0.2, 0.25) is 0 Å². The van der Waals surface area contributed by atoms with Gasteiger partial charge in [0.2, 0.25) is 0 Å². The molecule has 0 aliphatic carbocycles. The quantitative estimate of drug-likeness (QED) is 0.485. The standard InChI is InChI=1S/C25H23N3O2.C2H6/c29-24-13-20(30-16-17-4-2-1-3-5-17)9-11-28(24)19-6-7-21-22-15-27-10-8-18(14-27)25(22)26-23(21)12-19;1-2/h1-7,9,11-13,18,26H,8,10,14-16H2;1-2H3. The zero-order valence-corrected chi connectivity index (χ0v) is 18.7. The molecule has 1 N–H and O–H groups in total. The molecule has 0 radical (unpaired) electrons. The van der Waals surface area contributed by atoms with Crippen LogP contribution in [-0.2, 0) is 13.2 Å². The molecule has 2 atom stereocenters. The third kappa shape index (κ3) is 3.73. The lowest BCUT2D eigenvalue weighted by Crippen LogP contribution is -2.24. The molecule has 2 bridgehead atoms. The summed E-state index contributed by atoms with van der Waals surface area (Å²) in [5.41, 5.74) is 5.79. The number of nitrogens with zero attached hydrogens (tertiary/aromatic N) is 2. The van der Waals surface area contributed by atoms with Gasteiger partial charge in [-0.3, -0.25) is 14.3 Å². The Bertz CT molecular complexity index is 1290. The van der Waals surface area contributed by atoms with E-state index in [1.54, 1.807) is 16.8 Å². The molecule has 1 fully saturated rings. The maximum atomic E-state index is 12.8. The fraction of sp³-hybridized carbons (Fsp3) is 0.296. The molecule has 2 aliphatic heterocycles. The molecule has 32 heavy (non-hydrogen) atoms. The lowest BCUT2D eigenvalue weighted by atomic mass is 9.97. The van der Waals surface area contributed by atoms with E-state index >= 15 is 0 Å². The van der Waals surface area contributed by atoms with E-state index in [-0.39, 0.29) is 5.56 Å². The largest absolute Gasteiger partial charge is 0.489 e. The predicted octanol–water partition coefficient (Wildman–Crippen LogP) is 5.23. The zero-order chi connectivity index (χ0) is 22.1. The molecule has 4 aromatic rings. The summed E-state index contributed by atoms with van der Waals surface area (Å²) in [5, 5.41) is 1.28. The fourth-order valence-corrected chi connectivity index (χ4v) is 4.87. The van der Waals surface area contributed by atoms with E-state index < -0.39 is 0 Å². The number of hydrogen-bond acceptors (Lipinski definition) is 3. The van der Waals surface area contributed by atoms with Crippen LogP contribution < -0.4 is 10.3 Å². The van der Waals surface area contributed by atoms with E-state index in [0.717, 1.165) is 29.9 Å². The highest BCUT2D eigenvalue weighted by molar-refractivity contribution is 5.87. The normalized spacial score (nSPS) is 18.7. The molecule has 4 heterocycles. The minimum Gasteiger partial charge on any atom is -0.489 e. The van der Waals surface area contributed by atoms with Gasteiger partial charge in [-0.1, -0.05) is 50.2 Å². The van der Waals surface area contributed by atoms with Gasteiger partial charge in [0.25, 0.3) is 5.56 Å². The molecule has 2 unspecified atom stereocenters. The van der Waals surface area contributed by atoms with Crippen molar-refractivity contribution >= 4 is 10.9 Å². The van der Waals surface area contributed by atoms with Crippen molar-refractivity contribution in [1.82, 2.24) is 14.5 Å². The third-order valence-corrected chi connectivity index (χ3v) is 6.40. The number of nitrogens with one attached hydrogen (secondary N) is 1. The summed E-state index contributed by atoms with van der Waals surface area (Å²) in [5.74, 6) is 1.20. The number of fused-ring (bicyclic) bond motifs is 6. The Hall–Kier alpha value is -3.31. The van der Waals surface area contributed by atoms with Crippen LogP contribution in [0.5, 0.6) is 5.75 Å². The number of aromatic nitrogens is 2. The lowest BCUT2D eigenvalue weighted by Gasteiger charge is -2.22. The average Bonchev–Trinajstić information content (AvgIpc) is 3.41. The van der Waals surface area contributed by atoms with E-state index in [2.05, 4.69) is 22.0 Å². The Morgan fingerprint density at radius 2 is 1.91 bits per heavy atom. The summed E-state index contributed by atoms with van der Waals surface area (Å²) in [7, 11) is 0. The highest BCUT2D eigenvalue weighted by Crippen LogP contribution is 2.39. The van der Waals surface area contributed by atoms with E-state index in [4.69, 9.17) is 4.74 Å². The van der Waals surface area contributed by atoms with E-state index in [9.17, 15) is 4.79 Å². The van der Waals surface area contributed by atoms with Crippen LogP contribution in [0.4, 0.5) is 0 Å². The molecule has 164 valence electrons. The average molecular weight is 428 g/mol. The molecule has 0 spiro atoms. The second kappa shape index (κ2) is 8.67.